The highest BCUT2D eigenvalue weighted by Crippen LogP contribution is 2.03. The van der Waals surface area contributed by atoms with Gasteiger partial charge in [-0.15, -0.1) is 0 Å². The van der Waals surface area contributed by atoms with Gasteiger partial charge in [-0.2, -0.15) is 0 Å². The summed E-state index contributed by atoms with van der Waals surface area (Å²) in [5.41, 5.74) is 0. The number of esters is 2. The Labute approximate surface area is 146 Å². The van der Waals surface area contributed by atoms with Crippen molar-refractivity contribution in [2.24, 2.45) is 0 Å². The van der Waals surface area contributed by atoms with E-state index in [0.29, 0.717) is 19.8 Å². The summed E-state index contributed by atoms with van der Waals surface area (Å²) in [4.78, 5) is 24.0. The highest BCUT2D eigenvalue weighted by Gasteiger charge is 2.23. The highest BCUT2D eigenvalue weighted by molar-refractivity contribution is 5.82. The molecular weight excluding hydrogens is 310 g/mol. The van der Waals surface area contributed by atoms with Crippen LogP contribution in [0.15, 0.2) is 0 Å². The minimum atomic E-state index is -0.645. The molecule has 0 fully saturated rings. The van der Waals surface area contributed by atoms with Crippen LogP contribution in [0.3, 0.4) is 0 Å². The van der Waals surface area contributed by atoms with E-state index in [2.05, 4.69) is 5.32 Å². The zero-order chi connectivity index (χ0) is 18.0. The molecule has 6 nitrogen and oxygen atoms in total. The molecule has 0 aliphatic rings. The number of ether oxygens (including phenoxy) is 2. The number of nitrogens with one attached hydrogen (secondary N) is 1. The fraction of sp³-hybridized carbons (Fsp3) is 0.889. The minimum Gasteiger partial charge on any atom is -0.466 e. The lowest BCUT2D eigenvalue weighted by Gasteiger charge is -2.17. The predicted molar refractivity (Wildman–Crippen MR) is 93.7 cm³/mol. The summed E-state index contributed by atoms with van der Waals surface area (Å²) >= 11 is 0. The van der Waals surface area contributed by atoms with Gasteiger partial charge in [-0.25, -0.2) is 0 Å². The lowest BCUT2D eigenvalue weighted by atomic mass is 10.1. The maximum Gasteiger partial charge on any atom is 0.323 e. The molecule has 0 amide bonds. The normalized spacial score (nSPS) is 12.0. The van der Waals surface area contributed by atoms with Crippen molar-refractivity contribution in [2.75, 3.05) is 26.4 Å². The molecule has 0 aliphatic carbocycles. The molecule has 0 heterocycles. The van der Waals surface area contributed by atoms with Gasteiger partial charge in [-0.05, 0) is 32.2 Å². The quantitative estimate of drug-likeness (QED) is 0.330. The van der Waals surface area contributed by atoms with E-state index in [-0.39, 0.29) is 25.0 Å². The van der Waals surface area contributed by atoms with E-state index in [4.69, 9.17) is 14.6 Å². The molecule has 1 unspecified atom stereocenters. The van der Waals surface area contributed by atoms with Crippen LogP contribution in [0.1, 0.15) is 71.6 Å². The van der Waals surface area contributed by atoms with E-state index < -0.39 is 6.04 Å². The topological polar surface area (TPSA) is 84.9 Å². The molecule has 1 atom stereocenters. The molecule has 0 saturated carbocycles. The monoisotopic (exact) mass is 345 g/mol. The second kappa shape index (κ2) is 16.7. The lowest BCUT2D eigenvalue weighted by molar-refractivity contribution is -0.153. The molecule has 0 aromatic carbocycles. The van der Waals surface area contributed by atoms with Crippen LogP contribution in [-0.4, -0.2) is 49.5 Å². The summed E-state index contributed by atoms with van der Waals surface area (Å²) in [6.07, 6.45) is 7.20. The lowest BCUT2D eigenvalue weighted by Crippen LogP contribution is -2.40. The third-order valence-corrected chi connectivity index (χ3v) is 3.63. The zero-order valence-electron chi connectivity index (χ0n) is 15.3. The van der Waals surface area contributed by atoms with Crippen LogP contribution >= 0.6 is 0 Å². The van der Waals surface area contributed by atoms with Gasteiger partial charge in [-0.1, -0.05) is 39.5 Å². The van der Waals surface area contributed by atoms with E-state index >= 15 is 0 Å². The number of unbranched alkanes of at least 4 members (excludes halogenated alkanes) is 5. The number of carbonyl (C=O) groups is 2. The van der Waals surface area contributed by atoms with E-state index in [0.717, 1.165) is 51.4 Å². The van der Waals surface area contributed by atoms with Crippen LogP contribution in [0.2, 0.25) is 0 Å². The first kappa shape index (κ1) is 22.9. The van der Waals surface area contributed by atoms with Crippen molar-refractivity contribution >= 4 is 11.9 Å². The van der Waals surface area contributed by atoms with Crippen molar-refractivity contribution in [3.8, 4) is 0 Å². The number of hydrogen-bond acceptors (Lipinski definition) is 6. The van der Waals surface area contributed by atoms with E-state index in [1.807, 2.05) is 13.8 Å². The highest BCUT2D eigenvalue weighted by atomic mass is 16.5. The molecule has 0 radical (unpaired) electrons. The summed E-state index contributed by atoms with van der Waals surface area (Å²) in [7, 11) is 0. The molecule has 142 valence electrons. The second-order valence-corrected chi connectivity index (χ2v) is 5.94. The van der Waals surface area contributed by atoms with Crippen LogP contribution < -0.4 is 5.32 Å². The summed E-state index contributed by atoms with van der Waals surface area (Å²) in [6.45, 7) is 5.69. The van der Waals surface area contributed by atoms with Crippen LogP contribution in [0.25, 0.3) is 0 Å². The summed E-state index contributed by atoms with van der Waals surface area (Å²) in [6, 6.07) is -0.645. The molecule has 0 rings (SSSR count). The molecule has 0 bridgehead atoms. The largest absolute Gasteiger partial charge is 0.466 e. The Balaban J connectivity index is 4.21. The Morgan fingerprint density at radius 3 is 2.17 bits per heavy atom. The van der Waals surface area contributed by atoms with Gasteiger partial charge < -0.3 is 19.9 Å². The first-order chi connectivity index (χ1) is 11.7. The SMILES string of the molecule is CCCCOC(=O)CC(NCCCCCCO)C(=O)OCCCC. The van der Waals surface area contributed by atoms with Crippen LogP contribution in [0.4, 0.5) is 0 Å². The van der Waals surface area contributed by atoms with Gasteiger partial charge in [0.05, 0.1) is 19.6 Å². The summed E-state index contributed by atoms with van der Waals surface area (Å²) in [5.74, 6) is -0.750. The average Bonchev–Trinajstić information content (AvgIpc) is 2.57. The maximum atomic E-state index is 12.1. The number of aliphatic hydroxyl groups excluding tert-OH is 1. The molecule has 0 saturated heterocycles. The minimum absolute atomic E-state index is 0.00527. The van der Waals surface area contributed by atoms with Crippen molar-refractivity contribution < 1.29 is 24.2 Å². The molecule has 6 heteroatoms. The molecule has 24 heavy (non-hydrogen) atoms. The third-order valence-electron chi connectivity index (χ3n) is 3.63. The van der Waals surface area contributed by atoms with Crippen molar-refractivity contribution in [1.82, 2.24) is 5.32 Å². The average molecular weight is 345 g/mol. The van der Waals surface area contributed by atoms with Gasteiger partial charge in [0.2, 0.25) is 0 Å². The molecular formula is C18H35NO5. The fourth-order valence-corrected chi connectivity index (χ4v) is 2.08. The Hall–Kier alpha value is -1.14. The molecule has 0 spiro atoms. The van der Waals surface area contributed by atoms with E-state index in [9.17, 15) is 9.59 Å². The van der Waals surface area contributed by atoms with Crippen molar-refractivity contribution in [1.29, 1.82) is 0 Å². The first-order valence-corrected chi connectivity index (χ1v) is 9.32. The number of carbonyl (C=O) groups excluding carboxylic acids is 2. The Kier molecular flexibility index (Phi) is 15.9. The summed E-state index contributed by atoms with van der Waals surface area (Å²) < 4.78 is 10.4. The van der Waals surface area contributed by atoms with Crippen LogP contribution in [0.5, 0.6) is 0 Å². The van der Waals surface area contributed by atoms with Crippen molar-refractivity contribution in [3.63, 3.8) is 0 Å². The van der Waals surface area contributed by atoms with E-state index in [1.54, 1.807) is 0 Å². The Bertz CT molecular complexity index is 323. The van der Waals surface area contributed by atoms with Gasteiger partial charge in [-0.3, -0.25) is 9.59 Å². The Morgan fingerprint density at radius 2 is 1.54 bits per heavy atom. The molecule has 2 N–H and O–H groups in total. The van der Waals surface area contributed by atoms with Crippen molar-refractivity contribution in [2.45, 2.75) is 77.7 Å². The van der Waals surface area contributed by atoms with Crippen LogP contribution in [-0.2, 0) is 19.1 Å². The molecule has 0 aromatic rings. The van der Waals surface area contributed by atoms with Gasteiger partial charge in [0.25, 0.3) is 0 Å². The summed E-state index contributed by atoms with van der Waals surface area (Å²) in [5, 5.41) is 11.9. The van der Waals surface area contributed by atoms with Crippen LogP contribution in [0, 0.1) is 0 Å². The smallest absolute Gasteiger partial charge is 0.323 e. The van der Waals surface area contributed by atoms with Gasteiger partial charge in [0, 0.05) is 6.61 Å². The molecule has 0 aromatic heterocycles. The van der Waals surface area contributed by atoms with Gasteiger partial charge >= 0.3 is 11.9 Å². The standard InChI is InChI=1S/C18H35NO5/c1-3-5-13-23-17(21)15-16(18(22)24-14-6-4-2)19-11-9-7-8-10-12-20/h16,19-20H,3-15H2,1-2H3. The fourth-order valence-electron chi connectivity index (χ4n) is 2.08. The second-order valence-electron chi connectivity index (χ2n) is 5.94. The maximum absolute atomic E-state index is 12.1. The third kappa shape index (κ3) is 13.3. The first-order valence-electron chi connectivity index (χ1n) is 9.32. The van der Waals surface area contributed by atoms with Gasteiger partial charge in [0.1, 0.15) is 6.04 Å². The number of rotatable bonds is 16. The van der Waals surface area contributed by atoms with E-state index in [1.165, 1.54) is 0 Å². The molecule has 0 aliphatic heterocycles. The predicted octanol–water partition coefficient (Wildman–Crippen LogP) is 2.57. The van der Waals surface area contributed by atoms with Crippen molar-refractivity contribution in [3.05, 3.63) is 0 Å². The number of aliphatic hydroxyl groups is 1. The zero-order valence-corrected chi connectivity index (χ0v) is 15.3. The Morgan fingerprint density at radius 1 is 0.917 bits per heavy atom. The number of hydrogen-bond donors (Lipinski definition) is 2. The van der Waals surface area contributed by atoms with Gasteiger partial charge in [0.15, 0.2) is 0 Å².